The van der Waals surface area contributed by atoms with Gasteiger partial charge in [-0.1, -0.05) is 12.1 Å². The number of pyridine rings is 1. The highest BCUT2D eigenvalue weighted by Gasteiger charge is 2.26. The van der Waals surface area contributed by atoms with E-state index in [-0.39, 0.29) is 12.4 Å². The fourth-order valence-corrected chi connectivity index (χ4v) is 5.77. The van der Waals surface area contributed by atoms with Crippen LogP contribution in [-0.2, 0) is 33.2 Å². The highest BCUT2D eigenvalue weighted by Crippen LogP contribution is 2.32. The molecule has 4 heterocycles. The summed E-state index contributed by atoms with van der Waals surface area (Å²) in [4.78, 5) is 28.9. The quantitative estimate of drug-likeness (QED) is 0.495. The summed E-state index contributed by atoms with van der Waals surface area (Å²) < 4.78 is 17.7. The van der Waals surface area contributed by atoms with E-state index in [9.17, 15) is 9.00 Å². The molecule has 1 atom stereocenters. The minimum Gasteiger partial charge on any atom is -0.466 e. The van der Waals surface area contributed by atoms with Crippen LogP contribution in [-0.4, -0.2) is 50.6 Å². The normalized spacial score (nSPS) is 17.2. The summed E-state index contributed by atoms with van der Waals surface area (Å²) in [5, 5.41) is 3.32. The number of ether oxygens (including phenoxy) is 1. The minimum atomic E-state index is -1.14. The number of carbonyl (C=O) groups is 1. The minimum absolute atomic E-state index is 0.228. The van der Waals surface area contributed by atoms with Crippen molar-refractivity contribution in [3.63, 3.8) is 0 Å². The Hall–Kier alpha value is -3.33. The van der Waals surface area contributed by atoms with Gasteiger partial charge in [0.2, 0.25) is 0 Å². The number of piperidine rings is 1. The van der Waals surface area contributed by atoms with Crippen molar-refractivity contribution in [3.8, 4) is 11.4 Å². The van der Waals surface area contributed by atoms with E-state index >= 15 is 0 Å². The van der Waals surface area contributed by atoms with E-state index in [1.165, 1.54) is 19.3 Å². The van der Waals surface area contributed by atoms with E-state index in [2.05, 4.69) is 15.2 Å². The summed E-state index contributed by atoms with van der Waals surface area (Å²) in [7, 11) is -1.14. The van der Waals surface area contributed by atoms with Crippen molar-refractivity contribution in [2.45, 2.75) is 43.9 Å². The van der Waals surface area contributed by atoms with Gasteiger partial charge in [-0.15, -0.1) is 0 Å². The molecule has 1 N–H and O–H groups in total. The molecule has 0 spiro atoms. The molecule has 0 radical (unpaired) electrons. The topological polar surface area (TPSA) is 97.3 Å². The number of aryl methyl sites for hydroxylation is 1. The lowest BCUT2D eigenvalue weighted by molar-refractivity contribution is -0.142. The predicted octanol–water partition coefficient (Wildman–Crippen LogP) is 4.04. The summed E-state index contributed by atoms with van der Waals surface area (Å²) in [6.07, 6.45) is 6.39. The van der Waals surface area contributed by atoms with Gasteiger partial charge in [-0.2, -0.15) is 0 Å². The maximum atomic E-state index is 12.7. The molecule has 0 aliphatic carbocycles. The van der Waals surface area contributed by atoms with Crippen molar-refractivity contribution in [1.29, 1.82) is 0 Å². The Morgan fingerprint density at radius 1 is 1.09 bits per heavy atom. The fraction of sp³-hybridized carbons (Fsp3) is 0.385. The van der Waals surface area contributed by atoms with E-state index in [4.69, 9.17) is 14.7 Å². The molecule has 9 heteroatoms. The maximum Gasteiger partial charge on any atom is 0.310 e. The first-order chi connectivity index (χ1) is 17.1. The van der Waals surface area contributed by atoms with Crippen molar-refractivity contribution >= 4 is 34.1 Å². The Morgan fingerprint density at radius 2 is 1.89 bits per heavy atom. The summed E-state index contributed by atoms with van der Waals surface area (Å²) >= 11 is 0. The standard InChI is InChI=1S/C26H29N5O3S/c1-2-34-23(32)16-18-6-9-20(10-7-18)28-26-24-21(12-15-35(24)33)29-25(30-26)19-8-11-22(27-17-19)31-13-4-3-5-14-31/h6-11,17H,2-5,12-16H2,1H3,(H,28,29,30)/t35-/m1/s1. The van der Waals surface area contributed by atoms with Crippen LogP contribution in [0.4, 0.5) is 17.3 Å². The molecule has 3 aromatic rings. The lowest BCUT2D eigenvalue weighted by Gasteiger charge is -2.27. The van der Waals surface area contributed by atoms with Crippen LogP contribution in [0.1, 0.15) is 37.4 Å². The van der Waals surface area contributed by atoms with Crippen molar-refractivity contribution in [1.82, 2.24) is 15.0 Å². The number of nitrogens with one attached hydrogen (secondary N) is 1. The first kappa shape index (κ1) is 23.4. The van der Waals surface area contributed by atoms with Gasteiger partial charge < -0.3 is 15.0 Å². The molecule has 2 aliphatic heterocycles. The zero-order valence-corrected chi connectivity index (χ0v) is 20.6. The van der Waals surface area contributed by atoms with Gasteiger partial charge in [0, 0.05) is 42.7 Å². The van der Waals surface area contributed by atoms with E-state index in [0.717, 1.165) is 41.4 Å². The van der Waals surface area contributed by atoms with Crippen molar-refractivity contribution in [2.24, 2.45) is 0 Å². The van der Waals surface area contributed by atoms with Gasteiger partial charge in [-0.25, -0.2) is 15.0 Å². The summed E-state index contributed by atoms with van der Waals surface area (Å²) in [6.45, 7) is 4.25. The SMILES string of the molecule is CCOC(=O)Cc1ccc(Nc2nc(-c3ccc(N4CCCCC4)nc3)nc3c2[S@](=O)CC3)cc1. The number of nitrogens with zero attached hydrogens (tertiary/aromatic N) is 4. The molecule has 2 aliphatic rings. The number of anilines is 3. The number of fused-ring (bicyclic) bond motifs is 1. The highest BCUT2D eigenvalue weighted by atomic mass is 32.2. The number of hydrogen-bond donors (Lipinski definition) is 1. The zero-order valence-electron chi connectivity index (χ0n) is 19.8. The van der Waals surface area contributed by atoms with Gasteiger partial charge in [0.15, 0.2) is 11.6 Å². The second-order valence-electron chi connectivity index (χ2n) is 8.73. The maximum absolute atomic E-state index is 12.7. The van der Waals surface area contributed by atoms with Crippen molar-refractivity contribution in [2.75, 3.05) is 35.7 Å². The molecular formula is C26H29N5O3S. The van der Waals surface area contributed by atoms with Gasteiger partial charge in [0.25, 0.3) is 0 Å². The number of esters is 1. The number of benzene rings is 1. The zero-order chi connectivity index (χ0) is 24.2. The Balaban J connectivity index is 1.39. The molecule has 0 unspecified atom stereocenters. The summed E-state index contributed by atoms with van der Waals surface area (Å²) in [6, 6.07) is 11.6. The van der Waals surface area contributed by atoms with Crippen LogP contribution in [0.2, 0.25) is 0 Å². The number of aromatic nitrogens is 3. The summed E-state index contributed by atoms with van der Waals surface area (Å²) in [5.41, 5.74) is 3.31. The van der Waals surface area contributed by atoms with E-state index < -0.39 is 10.8 Å². The number of hydrogen-bond acceptors (Lipinski definition) is 8. The molecule has 1 fully saturated rings. The lowest BCUT2D eigenvalue weighted by Crippen LogP contribution is -2.29. The van der Waals surface area contributed by atoms with Gasteiger partial charge in [-0.3, -0.25) is 9.00 Å². The largest absolute Gasteiger partial charge is 0.466 e. The first-order valence-electron chi connectivity index (χ1n) is 12.1. The van der Waals surface area contributed by atoms with Crippen LogP contribution in [0.5, 0.6) is 0 Å². The molecule has 0 bridgehead atoms. The Bertz CT molecular complexity index is 1220. The van der Waals surface area contributed by atoms with Crippen molar-refractivity contribution < 1.29 is 13.7 Å². The molecular weight excluding hydrogens is 462 g/mol. The average molecular weight is 492 g/mol. The third kappa shape index (κ3) is 5.35. The van der Waals surface area contributed by atoms with Gasteiger partial charge in [-0.05, 0) is 56.0 Å². The highest BCUT2D eigenvalue weighted by molar-refractivity contribution is 7.85. The smallest absolute Gasteiger partial charge is 0.310 e. The van der Waals surface area contributed by atoms with E-state index in [0.29, 0.717) is 35.3 Å². The monoisotopic (exact) mass is 491 g/mol. The second kappa shape index (κ2) is 10.5. The van der Waals surface area contributed by atoms with Crippen LogP contribution in [0.15, 0.2) is 47.5 Å². The molecule has 8 nitrogen and oxygen atoms in total. The van der Waals surface area contributed by atoms with Gasteiger partial charge in [0.05, 0.1) is 29.5 Å². The van der Waals surface area contributed by atoms with Gasteiger partial charge in [0.1, 0.15) is 10.7 Å². The third-order valence-corrected chi connectivity index (χ3v) is 7.70. The van der Waals surface area contributed by atoms with Crippen LogP contribution in [0, 0.1) is 0 Å². The lowest BCUT2D eigenvalue weighted by atomic mass is 10.1. The van der Waals surface area contributed by atoms with Crippen LogP contribution in [0.3, 0.4) is 0 Å². The third-order valence-electron chi connectivity index (χ3n) is 6.24. The predicted molar refractivity (Wildman–Crippen MR) is 136 cm³/mol. The molecule has 0 saturated carbocycles. The second-order valence-corrected chi connectivity index (χ2v) is 10.2. The number of carbonyl (C=O) groups excluding carboxylic acids is 1. The van der Waals surface area contributed by atoms with E-state index in [1.54, 1.807) is 6.92 Å². The average Bonchev–Trinajstić information content (AvgIpc) is 3.27. The molecule has 35 heavy (non-hydrogen) atoms. The van der Waals surface area contributed by atoms with E-state index in [1.807, 2.05) is 42.6 Å². The summed E-state index contributed by atoms with van der Waals surface area (Å²) in [5.74, 6) is 2.41. The molecule has 1 saturated heterocycles. The molecule has 5 rings (SSSR count). The first-order valence-corrected chi connectivity index (χ1v) is 13.4. The molecule has 0 amide bonds. The van der Waals surface area contributed by atoms with Crippen LogP contribution in [0.25, 0.3) is 11.4 Å². The Labute approximate surface area is 207 Å². The number of rotatable bonds is 7. The fourth-order valence-electron chi connectivity index (χ4n) is 4.46. The molecule has 2 aromatic heterocycles. The van der Waals surface area contributed by atoms with Crippen molar-refractivity contribution in [3.05, 3.63) is 53.9 Å². The Kier molecular flexibility index (Phi) is 7.03. The molecule has 1 aromatic carbocycles. The van der Waals surface area contributed by atoms with Gasteiger partial charge >= 0.3 is 5.97 Å². The van der Waals surface area contributed by atoms with Crippen LogP contribution >= 0.6 is 0 Å². The van der Waals surface area contributed by atoms with Crippen LogP contribution < -0.4 is 10.2 Å². The Morgan fingerprint density at radius 3 is 2.60 bits per heavy atom. The molecule has 182 valence electrons.